The van der Waals surface area contributed by atoms with E-state index in [4.69, 9.17) is 5.73 Å². The molecule has 21 heavy (non-hydrogen) atoms. The van der Waals surface area contributed by atoms with Crippen LogP contribution in [-0.2, 0) is 6.42 Å². The third-order valence-electron chi connectivity index (χ3n) is 4.51. The van der Waals surface area contributed by atoms with E-state index in [0.717, 1.165) is 30.3 Å². The molecule has 1 fully saturated rings. The van der Waals surface area contributed by atoms with Gasteiger partial charge >= 0.3 is 0 Å². The van der Waals surface area contributed by atoms with E-state index in [1.165, 1.54) is 32.1 Å². The summed E-state index contributed by atoms with van der Waals surface area (Å²) in [7, 11) is 0. The molecular formula is C18H29FN2. The zero-order valence-electron chi connectivity index (χ0n) is 13.4. The van der Waals surface area contributed by atoms with Crippen molar-refractivity contribution < 1.29 is 4.39 Å². The maximum Gasteiger partial charge on any atom is 0.128 e. The highest BCUT2D eigenvalue weighted by atomic mass is 19.1. The van der Waals surface area contributed by atoms with Crippen LogP contribution in [-0.4, -0.2) is 19.1 Å². The summed E-state index contributed by atoms with van der Waals surface area (Å²) < 4.78 is 14.2. The van der Waals surface area contributed by atoms with Crippen molar-refractivity contribution in [3.63, 3.8) is 0 Å². The minimum Gasteiger partial charge on any atom is -0.371 e. The van der Waals surface area contributed by atoms with Crippen molar-refractivity contribution in [1.82, 2.24) is 0 Å². The van der Waals surface area contributed by atoms with E-state index in [1.807, 2.05) is 13.0 Å². The Kier molecular flexibility index (Phi) is 6.04. The molecule has 1 saturated heterocycles. The first-order valence-corrected chi connectivity index (χ1v) is 8.39. The predicted octanol–water partition coefficient (Wildman–Crippen LogP) is 4.12. The van der Waals surface area contributed by atoms with Gasteiger partial charge in [-0.05, 0) is 50.7 Å². The molecular weight excluding hydrogens is 263 g/mol. The summed E-state index contributed by atoms with van der Waals surface area (Å²) in [6, 6.07) is 5.42. The Bertz CT molecular complexity index is 445. The number of nitrogens with two attached hydrogens (primary N) is 1. The largest absolute Gasteiger partial charge is 0.371 e. The van der Waals surface area contributed by atoms with Gasteiger partial charge < -0.3 is 10.6 Å². The van der Waals surface area contributed by atoms with Crippen LogP contribution in [0.2, 0.25) is 0 Å². The van der Waals surface area contributed by atoms with Crippen molar-refractivity contribution in [3.05, 3.63) is 29.6 Å². The molecule has 1 aromatic rings. The number of hydrogen-bond acceptors (Lipinski definition) is 2. The maximum atomic E-state index is 14.2. The smallest absolute Gasteiger partial charge is 0.128 e. The standard InChI is InChI=1S/C18H29FN2/c1-3-6-15-7-5-11-21(12-10-15)18-9-4-8-17(19)16(18)13-14(2)20/h4,8-9,14-15H,3,5-7,10-13,20H2,1-2H3. The van der Waals surface area contributed by atoms with Gasteiger partial charge in [-0.3, -0.25) is 0 Å². The second-order valence-corrected chi connectivity index (χ2v) is 6.49. The molecule has 1 aromatic carbocycles. The van der Waals surface area contributed by atoms with Crippen LogP contribution < -0.4 is 10.6 Å². The van der Waals surface area contributed by atoms with Gasteiger partial charge in [-0.2, -0.15) is 0 Å². The number of nitrogens with zero attached hydrogens (tertiary/aromatic N) is 1. The van der Waals surface area contributed by atoms with E-state index >= 15 is 0 Å². The van der Waals surface area contributed by atoms with Gasteiger partial charge in [0.1, 0.15) is 5.82 Å². The van der Waals surface area contributed by atoms with Crippen LogP contribution in [0.3, 0.4) is 0 Å². The number of benzene rings is 1. The highest BCUT2D eigenvalue weighted by Crippen LogP contribution is 2.29. The Labute approximate surface area is 128 Å². The van der Waals surface area contributed by atoms with E-state index in [1.54, 1.807) is 6.07 Å². The Morgan fingerprint density at radius 1 is 1.33 bits per heavy atom. The van der Waals surface area contributed by atoms with Gasteiger partial charge in [0.25, 0.3) is 0 Å². The Balaban J connectivity index is 2.15. The van der Waals surface area contributed by atoms with Gasteiger partial charge in [0.2, 0.25) is 0 Å². The molecule has 0 saturated carbocycles. The van der Waals surface area contributed by atoms with E-state index < -0.39 is 0 Å². The minimum atomic E-state index is -0.112. The van der Waals surface area contributed by atoms with Crippen LogP contribution in [0, 0.1) is 11.7 Å². The summed E-state index contributed by atoms with van der Waals surface area (Å²) in [4.78, 5) is 2.37. The molecule has 2 rings (SSSR count). The fourth-order valence-electron chi connectivity index (χ4n) is 3.47. The summed E-state index contributed by atoms with van der Waals surface area (Å²) in [5, 5.41) is 0. The van der Waals surface area contributed by atoms with Crippen LogP contribution >= 0.6 is 0 Å². The van der Waals surface area contributed by atoms with E-state index in [9.17, 15) is 4.39 Å². The molecule has 1 aliphatic heterocycles. The third-order valence-corrected chi connectivity index (χ3v) is 4.51. The molecule has 0 spiro atoms. The summed E-state index contributed by atoms with van der Waals surface area (Å²) in [6.45, 7) is 6.28. The van der Waals surface area contributed by atoms with Crippen molar-refractivity contribution >= 4 is 5.69 Å². The Morgan fingerprint density at radius 2 is 2.14 bits per heavy atom. The average Bonchev–Trinajstić information content (AvgIpc) is 2.67. The zero-order valence-corrected chi connectivity index (χ0v) is 13.4. The first kappa shape index (κ1) is 16.3. The summed E-state index contributed by atoms with van der Waals surface area (Å²) >= 11 is 0. The molecule has 0 aliphatic carbocycles. The van der Waals surface area contributed by atoms with Gasteiger partial charge in [0.15, 0.2) is 0 Å². The fourth-order valence-corrected chi connectivity index (χ4v) is 3.47. The minimum absolute atomic E-state index is 0.0135. The first-order valence-electron chi connectivity index (χ1n) is 8.39. The molecule has 2 N–H and O–H groups in total. The molecule has 2 unspecified atom stereocenters. The molecule has 3 heteroatoms. The predicted molar refractivity (Wildman–Crippen MR) is 88.2 cm³/mol. The van der Waals surface area contributed by atoms with Crippen molar-refractivity contribution in [2.24, 2.45) is 11.7 Å². The highest BCUT2D eigenvalue weighted by molar-refractivity contribution is 5.54. The number of hydrogen-bond donors (Lipinski definition) is 1. The lowest BCUT2D eigenvalue weighted by molar-refractivity contribution is 0.435. The molecule has 0 aromatic heterocycles. The van der Waals surface area contributed by atoms with Crippen molar-refractivity contribution in [1.29, 1.82) is 0 Å². The van der Waals surface area contributed by atoms with Crippen molar-refractivity contribution in [2.75, 3.05) is 18.0 Å². The van der Waals surface area contributed by atoms with Crippen LogP contribution in [0.5, 0.6) is 0 Å². The van der Waals surface area contributed by atoms with Gasteiger partial charge in [-0.25, -0.2) is 4.39 Å². The van der Waals surface area contributed by atoms with Gasteiger partial charge in [0.05, 0.1) is 0 Å². The van der Waals surface area contributed by atoms with E-state index in [2.05, 4.69) is 17.9 Å². The summed E-state index contributed by atoms with van der Waals surface area (Å²) in [6.07, 6.45) is 6.93. The van der Waals surface area contributed by atoms with Gasteiger partial charge in [0, 0.05) is 30.4 Å². The molecule has 2 nitrogen and oxygen atoms in total. The van der Waals surface area contributed by atoms with Crippen LogP contribution in [0.15, 0.2) is 18.2 Å². The normalized spacial score (nSPS) is 21.1. The highest BCUT2D eigenvalue weighted by Gasteiger charge is 2.20. The monoisotopic (exact) mass is 292 g/mol. The maximum absolute atomic E-state index is 14.2. The van der Waals surface area contributed by atoms with Crippen molar-refractivity contribution in [2.45, 2.75) is 58.4 Å². The molecule has 2 atom stereocenters. The number of rotatable bonds is 5. The average molecular weight is 292 g/mol. The van der Waals surface area contributed by atoms with E-state index in [-0.39, 0.29) is 11.9 Å². The topological polar surface area (TPSA) is 29.3 Å². The molecule has 1 heterocycles. The van der Waals surface area contributed by atoms with Crippen LogP contribution in [0.4, 0.5) is 10.1 Å². The van der Waals surface area contributed by atoms with Gasteiger partial charge in [-0.1, -0.05) is 25.8 Å². The summed E-state index contributed by atoms with van der Waals surface area (Å²) in [5.41, 5.74) is 7.75. The quantitative estimate of drug-likeness (QED) is 0.884. The summed E-state index contributed by atoms with van der Waals surface area (Å²) in [5.74, 6) is 0.726. The van der Waals surface area contributed by atoms with Crippen LogP contribution in [0.25, 0.3) is 0 Å². The lowest BCUT2D eigenvalue weighted by atomic mass is 9.96. The van der Waals surface area contributed by atoms with Crippen LogP contribution in [0.1, 0.15) is 51.5 Å². The lowest BCUT2D eigenvalue weighted by Crippen LogP contribution is -2.27. The molecule has 0 bridgehead atoms. The molecule has 1 aliphatic rings. The molecule has 0 amide bonds. The fraction of sp³-hybridized carbons (Fsp3) is 0.667. The van der Waals surface area contributed by atoms with Crippen molar-refractivity contribution in [3.8, 4) is 0 Å². The third kappa shape index (κ3) is 4.44. The second-order valence-electron chi connectivity index (χ2n) is 6.49. The first-order chi connectivity index (χ1) is 10.1. The van der Waals surface area contributed by atoms with Gasteiger partial charge in [-0.15, -0.1) is 0 Å². The molecule has 0 radical (unpaired) electrons. The Hall–Kier alpha value is -1.09. The number of halogens is 1. The SMILES string of the molecule is CCCC1CCCN(c2cccc(F)c2CC(C)N)CC1. The second kappa shape index (κ2) is 7.79. The van der Waals surface area contributed by atoms with E-state index in [0.29, 0.717) is 6.42 Å². The molecule has 118 valence electrons. The zero-order chi connectivity index (χ0) is 15.2. The lowest BCUT2D eigenvalue weighted by Gasteiger charge is -2.26. The number of anilines is 1. The Morgan fingerprint density at radius 3 is 2.86 bits per heavy atom.